The molecular formula is C61H50N2O. The molecule has 1 atom stereocenters. The lowest BCUT2D eigenvalue weighted by molar-refractivity contribution is 0.443. The van der Waals surface area contributed by atoms with Gasteiger partial charge in [0, 0.05) is 27.2 Å². The molecule has 1 aliphatic heterocycles. The van der Waals surface area contributed by atoms with Crippen molar-refractivity contribution in [3.8, 4) is 27.9 Å². The normalized spacial score (nSPS) is 16.2. The first-order chi connectivity index (χ1) is 31.7. The third kappa shape index (κ3) is 7.06. The van der Waals surface area contributed by atoms with E-state index in [9.17, 15) is 0 Å². The van der Waals surface area contributed by atoms with E-state index < -0.39 is 0 Å². The van der Waals surface area contributed by atoms with E-state index in [-0.39, 0.29) is 6.04 Å². The highest BCUT2D eigenvalue weighted by Crippen LogP contribution is 2.42. The Bertz CT molecular complexity index is 3380. The minimum atomic E-state index is 0.0393. The van der Waals surface area contributed by atoms with E-state index in [2.05, 4.69) is 199 Å². The van der Waals surface area contributed by atoms with Crippen molar-refractivity contribution in [3.63, 3.8) is 0 Å². The van der Waals surface area contributed by atoms with Crippen molar-refractivity contribution >= 4 is 55.0 Å². The predicted molar refractivity (Wildman–Crippen MR) is 269 cm³/mol. The largest absolute Gasteiger partial charge is 0.456 e. The number of aliphatic imine (C=N–C) groups is 1. The first-order valence-electron chi connectivity index (χ1n) is 23.3. The molecule has 3 nitrogen and oxygen atoms in total. The van der Waals surface area contributed by atoms with Crippen molar-refractivity contribution in [2.24, 2.45) is 4.99 Å². The number of nitrogens with zero attached hydrogens (tertiary/aromatic N) is 2. The molecule has 2 aromatic heterocycles. The highest BCUT2D eigenvalue weighted by molar-refractivity contribution is 6.15. The molecule has 0 bridgehead atoms. The first kappa shape index (κ1) is 38.4. The van der Waals surface area contributed by atoms with Crippen LogP contribution in [-0.2, 0) is 0 Å². The smallest absolute Gasteiger partial charge is 0.136 e. The van der Waals surface area contributed by atoms with Crippen LogP contribution in [0.3, 0.4) is 0 Å². The monoisotopic (exact) mass is 826 g/mol. The summed E-state index contributed by atoms with van der Waals surface area (Å²) >= 11 is 0. The summed E-state index contributed by atoms with van der Waals surface area (Å²) in [5.74, 6) is 0.696. The van der Waals surface area contributed by atoms with Crippen LogP contribution in [0.4, 0.5) is 0 Å². The molecule has 10 aromatic rings. The second-order valence-corrected chi connectivity index (χ2v) is 18.0. The Morgan fingerprint density at radius 1 is 0.453 bits per heavy atom. The molecule has 1 unspecified atom stereocenters. The van der Waals surface area contributed by atoms with Gasteiger partial charge < -0.3 is 8.98 Å². The average molecular weight is 827 g/mol. The van der Waals surface area contributed by atoms with E-state index >= 15 is 0 Å². The van der Waals surface area contributed by atoms with Crippen molar-refractivity contribution in [2.45, 2.75) is 63.3 Å². The second kappa shape index (κ2) is 16.5. The minimum Gasteiger partial charge on any atom is -0.456 e. The number of hydrogen-bond donors (Lipinski definition) is 0. The molecule has 3 heterocycles. The Labute approximate surface area is 375 Å². The lowest BCUT2D eigenvalue weighted by atomic mass is 9.84. The van der Waals surface area contributed by atoms with Gasteiger partial charge in [0.25, 0.3) is 0 Å². The summed E-state index contributed by atoms with van der Waals surface area (Å²) in [6, 6.07) is 69.0. The third-order valence-corrected chi connectivity index (χ3v) is 14.1. The topological polar surface area (TPSA) is 30.4 Å². The number of para-hydroxylation sites is 1. The quantitative estimate of drug-likeness (QED) is 0.157. The number of aromatic nitrogens is 1. The van der Waals surface area contributed by atoms with E-state index in [4.69, 9.17) is 9.41 Å². The van der Waals surface area contributed by atoms with Gasteiger partial charge >= 0.3 is 0 Å². The fourth-order valence-electron chi connectivity index (χ4n) is 10.8. The molecule has 0 spiro atoms. The van der Waals surface area contributed by atoms with Crippen LogP contribution in [0.5, 0.6) is 0 Å². The molecule has 2 aliphatic rings. The van der Waals surface area contributed by atoms with Gasteiger partial charge in [-0.3, -0.25) is 4.99 Å². The molecule has 0 radical (unpaired) electrons. The Morgan fingerprint density at radius 2 is 1.16 bits per heavy atom. The Hall–Kier alpha value is -7.23. The molecule has 0 amide bonds. The van der Waals surface area contributed by atoms with Gasteiger partial charge in [-0.25, -0.2) is 0 Å². The summed E-state index contributed by atoms with van der Waals surface area (Å²) < 4.78 is 9.03. The van der Waals surface area contributed by atoms with Gasteiger partial charge in [-0.15, -0.1) is 0 Å². The van der Waals surface area contributed by atoms with Crippen LogP contribution in [0.1, 0.15) is 85.6 Å². The number of fused-ring (bicyclic) bond motifs is 6. The Kier molecular flexibility index (Phi) is 9.90. The summed E-state index contributed by atoms with van der Waals surface area (Å²) in [7, 11) is 0. The zero-order chi connectivity index (χ0) is 42.4. The van der Waals surface area contributed by atoms with E-state index in [1.165, 1.54) is 104 Å². The first-order valence-corrected chi connectivity index (χ1v) is 23.3. The van der Waals surface area contributed by atoms with E-state index in [0.29, 0.717) is 5.92 Å². The maximum atomic E-state index is 6.59. The van der Waals surface area contributed by atoms with Gasteiger partial charge in [0.2, 0.25) is 0 Å². The molecule has 64 heavy (non-hydrogen) atoms. The molecule has 8 aromatic carbocycles. The van der Waals surface area contributed by atoms with Gasteiger partial charge in [-0.2, -0.15) is 0 Å². The van der Waals surface area contributed by atoms with Crippen LogP contribution in [0.25, 0.3) is 77.3 Å². The number of rotatable bonds is 7. The van der Waals surface area contributed by atoms with Crippen LogP contribution < -0.4 is 0 Å². The van der Waals surface area contributed by atoms with Crippen LogP contribution in [-0.4, -0.2) is 10.3 Å². The highest BCUT2D eigenvalue weighted by Gasteiger charge is 2.21. The van der Waals surface area contributed by atoms with Crippen molar-refractivity contribution in [2.75, 3.05) is 0 Å². The number of benzene rings is 8. The highest BCUT2D eigenvalue weighted by atomic mass is 16.3. The van der Waals surface area contributed by atoms with Gasteiger partial charge in [0.1, 0.15) is 11.2 Å². The molecule has 0 saturated heterocycles. The summed E-state index contributed by atoms with van der Waals surface area (Å²) in [5.41, 5.74) is 17.7. The standard InChI is InChI=1S/C61H50N2O/c1-4-15-41(16-5-1)43-29-33-50(34-30-43)63-57-27-11-10-24-52(57)53-38-46(31-35-58(53)63)47-32-36-59-54(39-47)61-51(25-14-28-60(61)64-59)48-22-12-23-49(37-48)55-26-13-21-45(42-17-6-2-7-18-42)40-56(62-55)44-19-8-3-9-20-44/h2-3,6-12,14,17-20,22-25,27-41,55H,1,4-5,13,15-16,21,26H2. The van der Waals surface area contributed by atoms with Gasteiger partial charge in [0.15, 0.2) is 0 Å². The fourth-order valence-corrected chi connectivity index (χ4v) is 10.8. The van der Waals surface area contributed by atoms with Crippen LogP contribution in [0, 0.1) is 0 Å². The SMILES string of the molecule is C1=C(c2ccccc2)CCCC(c2cccc(-c3cccc4oc5ccc(-c6ccc7c(c6)c6ccccc6n7-c6ccc(C7CCCCC7)cc6)cc5c34)c2)N=C1c1ccccc1. The zero-order valence-electron chi connectivity index (χ0n) is 36.1. The molecule has 1 saturated carbocycles. The van der Waals surface area contributed by atoms with Gasteiger partial charge in [-0.1, -0.05) is 153 Å². The van der Waals surface area contributed by atoms with Crippen molar-refractivity contribution < 1.29 is 4.42 Å². The summed E-state index contributed by atoms with van der Waals surface area (Å²) in [6.45, 7) is 0. The minimum absolute atomic E-state index is 0.0393. The average Bonchev–Trinajstić information content (AvgIpc) is 3.90. The lowest BCUT2D eigenvalue weighted by Crippen LogP contribution is -2.07. The van der Waals surface area contributed by atoms with Gasteiger partial charge in [0.05, 0.1) is 22.8 Å². The molecular weight excluding hydrogens is 777 g/mol. The lowest BCUT2D eigenvalue weighted by Gasteiger charge is -2.22. The number of allylic oxidation sites excluding steroid dienone is 2. The fraction of sp³-hybridized carbons (Fsp3) is 0.164. The maximum Gasteiger partial charge on any atom is 0.136 e. The van der Waals surface area contributed by atoms with Crippen molar-refractivity contribution in [1.82, 2.24) is 4.57 Å². The molecule has 12 rings (SSSR count). The Morgan fingerprint density at radius 3 is 1.98 bits per heavy atom. The summed E-state index contributed by atoms with van der Waals surface area (Å²) in [4.78, 5) is 5.53. The molecule has 3 heteroatoms. The Balaban J connectivity index is 0.918. The number of furan rings is 1. The van der Waals surface area contributed by atoms with Crippen LogP contribution in [0.2, 0.25) is 0 Å². The zero-order valence-corrected chi connectivity index (χ0v) is 36.1. The van der Waals surface area contributed by atoms with E-state index in [1.54, 1.807) is 0 Å². The summed E-state index contributed by atoms with van der Waals surface area (Å²) in [5, 5.41) is 4.80. The molecule has 1 aliphatic carbocycles. The molecule has 1 fully saturated rings. The van der Waals surface area contributed by atoms with Crippen molar-refractivity contribution in [3.05, 3.63) is 216 Å². The maximum absolute atomic E-state index is 6.59. The van der Waals surface area contributed by atoms with Gasteiger partial charge in [-0.05, 0) is 149 Å². The van der Waals surface area contributed by atoms with E-state index in [0.717, 1.165) is 52.5 Å². The number of hydrogen-bond acceptors (Lipinski definition) is 2. The van der Waals surface area contributed by atoms with Crippen LogP contribution >= 0.6 is 0 Å². The van der Waals surface area contributed by atoms with E-state index in [1.807, 2.05) is 0 Å². The van der Waals surface area contributed by atoms with Crippen molar-refractivity contribution in [1.29, 1.82) is 0 Å². The summed E-state index contributed by atoms with van der Waals surface area (Å²) in [6.07, 6.45) is 12.1. The predicted octanol–water partition coefficient (Wildman–Crippen LogP) is 16.9. The van der Waals surface area contributed by atoms with Crippen LogP contribution in [0.15, 0.2) is 204 Å². The molecule has 310 valence electrons. The molecule has 0 N–H and O–H groups in total. The second-order valence-electron chi connectivity index (χ2n) is 18.0. The third-order valence-electron chi connectivity index (χ3n) is 14.1.